The van der Waals surface area contributed by atoms with Crippen LogP contribution in [0, 0.1) is 29.6 Å². The van der Waals surface area contributed by atoms with Crippen molar-refractivity contribution in [3.8, 4) is 0 Å². The maximum absolute atomic E-state index is 14.2. The van der Waals surface area contributed by atoms with Crippen LogP contribution in [0.15, 0.2) is 0 Å². The summed E-state index contributed by atoms with van der Waals surface area (Å²) in [6, 6.07) is -0.544. The van der Waals surface area contributed by atoms with E-state index in [4.69, 9.17) is 28.4 Å². The summed E-state index contributed by atoms with van der Waals surface area (Å²) in [4.78, 5) is 18.2. The van der Waals surface area contributed by atoms with Gasteiger partial charge in [-0.05, 0) is 93.9 Å². The van der Waals surface area contributed by atoms with Crippen LogP contribution >= 0.6 is 0 Å². The summed E-state index contributed by atoms with van der Waals surface area (Å²) in [5.74, 6) is -3.69. The van der Waals surface area contributed by atoms with Gasteiger partial charge < -0.3 is 63.8 Å². The zero-order valence-corrected chi connectivity index (χ0v) is 34.8. The number of cyclic esters (lactones) is 1. The summed E-state index contributed by atoms with van der Waals surface area (Å²) >= 11 is 0. The van der Waals surface area contributed by atoms with Crippen LogP contribution in [0.3, 0.4) is 0 Å². The van der Waals surface area contributed by atoms with E-state index in [9.17, 15) is 30.3 Å². The van der Waals surface area contributed by atoms with E-state index in [1.807, 2.05) is 72.6 Å². The minimum atomic E-state index is -1.59. The summed E-state index contributed by atoms with van der Waals surface area (Å²) in [5.41, 5.74) is -2.61. The third-order valence-electron chi connectivity index (χ3n) is 12.6. The molecule has 3 saturated heterocycles. The second-order valence-electron chi connectivity index (χ2n) is 17.4. The van der Waals surface area contributed by atoms with Gasteiger partial charge in [0, 0.05) is 37.5 Å². The van der Waals surface area contributed by atoms with Crippen LogP contribution in [0.25, 0.3) is 0 Å². The van der Waals surface area contributed by atoms with E-state index in [0.717, 1.165) is 0 Å². The molecular weight excluding hydrogens is 688 g/mol. The molecular formula is C39H74N2O12. The lowest BCUT2D eigenvalue weighted by molar-refractivity contribution is -0.318. The van der Waals surface area contributed by atoms with Crippen LogP contribution < -0.4 is 0 Å². The van der Waals surface area contributed by atoms with Crippen LogP contribution in [0.1, 0.15) is 88.0 Å². The molecule has 3 fully saturated rings. The first-order valence-corrected chi connectivity index (χ1v) is 19.6. The molecule has 14 heteroatoms. The lowest BCUT2D eigenvalue weighted by atomic mass is 9.73. The van der Waals surface area contributed by atoms with Crippen molar-refractivity contribution in [1.82, 2.24) is 9.80 Å². The Hall–Kier alpha value is -1.01. The largest absolute Gasteiger partial charge is 0.462 e. The summed E-state index contributed by atoms with van der Waals surface area (Å²) in [5, 5.41) is 57.6. The summed E-state index contributed by atoms with van der Waals surface area (Å²) < 4.78 is 37.8. The monoisotopic (exact) mass is 763 g/mol. The van der Waals surface area contributed by atoms with Crippen LogP contribution in [0.4, 0.5) is 0 Å². The Kier molecular flexibility index (Phi) is 16.6. The number of aliphatic hydroxyl groups is 5. The first-order chi connectivity index (χ1) is 24.5. The number of aliphatic hydroxyl groups excluding tert-OH is 4. The highest BCUT2D eigenvalue weighted by Crippen LogP contribution is 2.41. The summed E-state index contributed by atoms with van der Waals surface area (Å²) in [6.45, 7) is 16.0. The van der Waals surface area contributed by atoms with E-state index >= 15 is 0 Å². The minimum absolute atomic E-state index is 0.143. The smallest absolute Gasteiger partial charge is 0.311 e. The number of methoxy groups -OCH3 is 1. The minimum Gasteiger partial charge on any atom is -0.462 e. The molecule has 0 aromatic heterocycles. The molecule has 2 unspecified atom stereocenters. The molecule has 0 saturated carbocycles. The number of likely N-dealkylation sites (N-methyl/N-ethyl adjacent to an activating group) is 1. The molecule has 312 valence electrons. The lowest BCUT2D eigenvalue weighted by Crippen LogP contribution is -2.61. The van der Waals surface area contributed by atoms with Crippen molar-refractivity contribution in [3.63, 3.8) is 0 Å². The molecule has 3 aliphatic heterocycles. The van der Waals surface area contributed by atoms with Gasteiger partial charge in [-0.2, -0.15) is 0 Å². The van der Waals surface area contributed by atoms with Crippen molar-refractivity contribution in [1.29, 1.82) is 0 Å². The van der Waals surface area contributed by atoms with Gasteiger partial charge in [-0.15, -0.1) is 0 Å². The molecule has 0 aliphatic carbocycles. The highest BCUT2D eigenvalue weighted by Gasteiger charge is 2.52. The Balaban J connectivity index is 2.21. The molecule has 0 aromatic carbocycles. The van der Waals surface area contributed by atoms with Gasteiger partial charge in [0.1, 0.15) is 18.3 Å². The Morgan fingerprint density at radius 3 is 2.04 bits per heavy atom. The van der Waals surface area contributed by atoms with Crippen LogP contribution in [-0.2, 0) is 33.2 Å². The van der Waals surface area contributed by atoms with Gasteiger partial charge in [-0.1, -0.05) is 27.7 Å². The lowest BCUT2D eigenvalue weighted by Gasteiger charge is -2.49. The fraction of sp³-hybridized carbons (Fsp3) is 0.974. The van der Waals surface area contributed by atoms with Crippen molar-refractivity contribution >= 4 is 5.97 Å². The van der Waals surface area contributed by atoms with Crippen molar-refractivity contribution < 1.29 is 58.7 Å². The zero-order valence-electron chi connectivity index (χ0n) is 34.8. The number of hydrogen-bond acceptors (Lipinski definition) is 14. The van der Waals surface area contributed by atoms with E-state index < -0.39 is 103 Å². The Morgan fingerprint density at radius 1 is 0.887 bits per heavy atom. The molecule has 5 N–H and O–H groups in total. The summed E-state index contributed by atoms with van der Waals surface area (Å²) in [7, 11) is 9.13. The van der Waals surface area contributed by atoms with E-state index in [2.05, 4.69) is 0 Å². The van der Waals surface area contributed by atoms with Gasteiger partial charge in [0.05, 0.1) is 54.2 Å². The van der Waals surface area contributed by atoms with Crippen molar-refractivity contribution in [2.75, 3.05) is 41.9 Å². The molecule has 19 atom stereocenters. The quantitative estimate of drug-likeness (QED) is 0.215. The predicted octanol–water partition coefficient (Wildman–Crippen LogP) is 2.00. The number of carbonyl (C=O) groups excluding carboxylic acids is 1. The van der Waals surface area contributed by atoms with Gasteiger partial charge in [0.25, 0.3) is 0 Å². The molecule has 0 spiro atoms. The van der Waals surface area contributed by atoms with Gasteiger partial charge in [-0.25, -0.2) is 0 Å². The third-order valence-corrected chi connectivity index (χ3v) is 12.6. The molecule has 3 rings (SSSR count). The molecule has 3 heterocycles. The van der Waals surface area contributed by atoms with Gasteiger partial charge in [-0.3, -0.25) is 4.79 Å². The summed E-state index contributed by atoms with van der Waals surface area (Å²) in [6.07, 6.45) is -7.55. The molecule has 0 radical (unpaired) electrons. The molecule has 53 heavy (non-hydrogen) atoms. The Labute approximate surface area is 318 Å². The number of carbonyl (C=O) groups is 1. The molecule has 14 nitrogen and oxygen atoms in total. The Bertz CT molecular complexity index is 1150. The second-order valence-corrected chi connectivity index (χ2v) is 17.4. The maximum atomic E-state index is 14.2. The molecule has 0 aromatic rings. The van der Waals surface area contributed by atoms with E-state index in [1.165, 1.54) is 7.11 Å². The number of ether oxygens (including phenoxy) is 6. The fourth-order valence-electron chi connectivity index (χ4n) is 9.56. The number of rotatable bonds is 9. The normalized spacial score (nSPS) is 48.4. The highest BCUT2D eigenvalue weighted by atomic mass is 16.7. The number of hydrogen-bond donors (Lipinski definition) is 5. The number of nitrogens with zero attached hydrogens (tertiary/aromatic N) is 2. The van der Waals surface area contributed by atoms with Crippen LogP contribution in [0.2, 0.25) is 0 Å². The van der Waals surface area contributed by atoms with Crippen LogP contribution in [-0.4, -0.2) is 168 Å². The predicted molar refractivity (Wildman–Crippen MR) is 199 cm³/mol. The average Bonchev–Trinajstić information content (AvgIpc) is 3.07. The Morgan fingerprint density at radius 2 is 1.51 bits per heavy atom. The van der Waals surface area contributed by atoms with E-state index in [-0.39, 0.29) is 36.9 Å². The van der Waals surface area contributed by atoms with Crippen molar-refractivity contribution in [2.45, 2.75) is 173 Å². The fourth-order valence-corrected chi connectivity index (χ4v) is 9.56. The van der Waals surface area contributed by atoms with E-state index in [0.29, 0.717) is 12.8 Å². The zero-order chi connectivity index (χ0) is 40.3. The average molecular weight is 763 g/mol. The van der Waals surface area contributed by atoms with Crippen LogP contribution in [0.5, 0.6) is 0 Å². The van der Waals surface area contributed by atoms with Gasteiger partial charge >= 0.3 is 5.97 Å². The molecule has 0 amide bonds. The first kappa shape index (κ1) is 46.4. The molecule has 3 aliphatic rings. The third kappa shape index (κ3) is 10.5. The molecule has 0 bridgehead atoms. The second kappa shape index (κ2) is 19.0. The maximum Gasteiger partial charge on any atom is 0.311 e. The van der Waals surface area contributed by atoms with Gasteiger partial charge in [0.15, 0.2) is 12.6 Å². The van der Waals surface area contributed by atoms with E-state index in [1.54, 1.807) is 27.7 Å². The standard InChI is InChI=1S/C39H74N2O12/c1-15-28-26(19-42)31(43)22(4)30(41(12)13)20(2)17-38(8,47)35(53-37-32(44)27(40(10)11)16-21(3)49-37)23(5)33(24(6)36(46)51-28)52-29-18-39(9,48-14)34(45)25(7)50-29/h20-35,37,42-45,47H,15-19H2,1-14H3/t20-,21-,22+,23+,24-,25+,26+,27+,28?,29+,30-,31-,32-,33?,34+,35-,37+,38-,39-/m1/s1. The highest BCUT2D eigenvalue weighted by molar-refractivity contribution is 5.73. The first-order valence-electron chi connectivity index (χ1n) is 19.6. The van der Waals surface area contributed by atoms with Crippen molar-refractivity contribution in [2.24, 2.45) is 29.6 Å². The topological polar surface area (TPSA) is 180 Å². The SMILES string of the molecule is CCC1OC(=O)[C@H](C)C(O[C@H]2C[C@@](C)(OC)[C@@H](O)[C@H](C)O2)[C@H](C)[C@@H](O[C@@H]2O[C@H](C)C[C@H](N(C)C)[C@H]2O)[C@](C)(O)C[C@@H](C)[C@@H](N(C)C)[C@H](C)[C@@H](O)[C@H]1CO. The number of esters is 1. The van der Waals surface area contributed by atoms with Gasteiger partial charge in [0.2, 0.25) is 0 Å². The van der Waals surface area contributed by atoms with Crippen molar-refractivity contribution in [3.05, 3.63) is 0 Å².